The number of hydrogen-bond donors (Lipinski definition) is 1. The molecule has 21 heavy (non-hydrogen) atoms. The zero-order valence-corrected chi connectivity index (χ0v) is 12.5. The number of esters is 1. The van der Waals surface area contributed by atoms with Crippen LogP contribution in [0.15, 0.2) is 12.3 Å². The highest BCUT2D eigenvalue weighted by Gasteiger charge is 2.34. The molecule has 2 aliphatic rings. The molecule has 0 amide bonds. The maximum atomic E-state index is 11.8. The second-order valence-electron chi connectivity index (χ2n) is 6.07. The van der Waals surface area contributed by atoms with E-state index in [1.54, 1.807) is 12.3 Å². The summed E-state index contributed by atoms with van der Waals surface area (Å²) in [4.78, 5) is 18.6. The topological polar surface area (TPSA) is 68.5 Å². The Morgan fingerprint density at radius 3 is 2.81 bits per heavy atom. The number of pyridine rings is 1. The number of hydrogen-bond acceptors (Lipinski definition) is 5. The number of aromatic nitrogens is 1. The van der Waals surface area contributed by atoms with Crippen LogP contribution in [0.25, 0.3) is 0 Å². The maximum absolute atomic E-state index is 11.8. The van der Waals surface area contributed by atoms with Gasteiger partial charge in [0.05, 0.1) is 24.6 Å². The molecule has 1 aromatic heterocycles. The summed E-state index contributed by atoms with van der Waals surface area (Å²) in [5, 5.41) is 0. The van der Waals surface area contributed by atoms with Gasteiger partial charge in [0.25, 0.3) is 0 Å². The van der Waals surface area contributed by atoms with Crippen molar-refractivity contribution in [3.05, 3.63) is 17.8 Å². The Kier molecular flexibility index (Phi) is 3.99. The van der Waals surface area contributed by atoms with Crippen LogP contribution in [-0.2, 0) is 4.74 Å². The lowest BCUT2D eigenvalue weighted by Crippen LogP contribution is -2.35. The fraction of sp³-hybridized carbons (Fsp3) is 0.625. The third-order valence-corrected chi connectivity index (χ3v) is 4.86. The highest BCUT2D eigenvalue weighted by atomic mass is 16.5. The van der Waals surface area contributed by atoms with Crippen molar-refractivity contribution in [3.8, 4) is 0 Å². The summed E-state index contributed by atoms with van der Waals surface area (Å²) < 4.78 is 4.80. The van der Waals surface area contributed by atoms with Gasteiger partial charge in [-0.15, -0.1) is 0 Å². The van der Waals surface area contributed by atoms with E-state index in [0.29, 0.717) is 17.3 Å². The molecule has 1 unspecified atom stereocenters. The summed E-state index contributed by atoms with van der Waals surface area (Å²) >= 11 is 0. The lowest BCUT2D eigenvalue weighted by Gasteiger charge is -2.30. The van der Waals surface area contributed by atoms with E-state index in [1.807, 2.05) is 0 Å². The summed E-state index contributed by atoms with van der Waals surface area (Å²) in [6, 6.07) is 2.35. The molecule has 1 aliphatic heterocycles. The molecule has 2 fully saturated rings. The third kappa shape index (κ3) is 2.69. The fourth-order valence-corrected chi connectivity index (χ4v) is 3.81. The standard InChI is InChI=1S/C16H23N3O2/c1-21-16(20)12-9-15(18-10-13(12)17)19-8-4-7-14(19)11-5-2-3-6-11/h9-11,14H,2-8,17H2,1H3. The molecule has 5 heteroatoms. The van der Waals surface area contributed by atoms with Crippen LogP contribution in [0.2, 0.25) is 0 Å². The molecule has 114 valence electrons. The number of carbonyl (C=O) groups excluding carboxylic acids is 1. The number of methoxy groups -OCH3 is 1. The second-order valence-corrected chi connectivity index (χ2v) is 6.07. The first-order valence-electron chi connectivity index (χ1n) is 7.81. The second kappa shape index (κ2) is 5.92. The van der Waals surface area contributed by atoms with Crippen LogP contribution in [0.5, 0.6) is 0 Å². The van der Waals surface area contributed by atoms with Crippen LogP contribution < -0.4 is 10.6 Å². The molecule has 0 spiro atoms. The molecule has 3 rings (SSSR count). The largest absolute Gasteiger partial charge is 0.465 e. The summed E-state index contributed by atoms with van der Waals surface area (Å²) in [7, 11) is 1.37. The van der Waals surface area contributed by atoms with Crippen LogP contribution in [0.1, 0.15) is 48.9 Å². The van der Waals surface area contributed by atoms with Crippen LogP contribution >= 0.6 is 0 Å². The van der Waals surface area contributed by atoms with Gasteiger partial charge in [-0.05, 0) is 37.7 Å². The molecular weight excluding hydrogens is 266 g/mol. The zero-order chi connectivity index (χ0) is 14.8. The Balaban J connectivity index is 1.86. The van der Waals surface area contributed by atoms with E-state index in [-0.39, 0.29) is 0 Å². The monoisotopic (exact) mass is 289 g/mol. The SMILES string of the molecule is COC(=O)c1cc(N2CCCC2C2CCCC2)ncc1N. The average molecular weight is 289 g/mol. The quantitative estimate of drug-likeness (QED) is 0.866. The van der Waals surface area contributed by atoms with Crippen LogP contribution in [0.4, 0.5) is 11.5 Å². The van der Waals surface area contributed by atoms with Crippen molar-refractivity contribution in [2.75, 3.05) is 24.3 Å². The van der Waals surface area contributed by atoms with Gasteiger partial charge in [0.1, 0.15) is 5.82 Å². The third-order valence-electron chi connectivity index (χ3n) is 4.86. The average Bonchev–Trinajstić information content (AvgIpc) is 3.17. The first kappa shape index (κ1) is 14.2. The summed E-state index contributed by atoms with van der Waals surface area (Å²) in [5.41, 5.74) is 6.63. The van der Waals surface area contributed by atoms with Crippen molar-refractivity contribution in [1.82, 2.24) is 4.98 Å². The molecule has 0 aromatic carbocycles. The first-order chi connectivity index (χ1) is 10.2. The van der Waals surface area contributed by atoms with Gasteiger partial charge in [-0.2, -0.15) is 0 Å². The minimum absolute atomic E-state index is 0.377. The number of nitrogen functional groups attached to an aromatic ring is 1. The van der Waals surface area contributed by atoms with Gasteiger partial charge in [-0.3, -0.25) is 0 Å². The smallest absolute Gasteiger partial charge is 0.340 e. The van der Waals surface area contributed by atoms with Crippen molar-refractivity contribution < 1.29 is 9.53 Å². The molecule has 5 nitrogen and oxygen atoms in total. The summed E-state index contributed by atoms with van der Waals surface area (Å²) in [6.07, 6.45) is 9.33. The van der Waals surface area contributed by atoms with E-state index in [0.717, 1.165) is 18.3 Å². The molecule has 2 N–H and O–H groups in total. The van der Waals surface area contributed by atoms with E-state index in [2.05, 4.69) is 9.88 Å². The normalized spacial score (nSPS) is 22.7. The van der Waals surface area contributed by atoms with Gasteiger partial charge in [-0.1, -0.05) is 12.8 Å². The molecule has 1 saturated carbocycles. The molecule has 1 saturated heterocycles. The number of ether oxygens (including phenoxy) is 1. The highest BCUT2D eigenvalue weighted by molar-refractivity contribution is 5.95. The zero-order valence-electron chi connectivity index (χ0n) is 12.5. The Morgan fingerprint density at radius 1 is 1.33 bits per heavy atom. The van der Waals surface area contributed by atoms with E-state index >= 15 is 0 Å². The van der Waals surface area contributed by atoms with Gasteiger partial charge >= 0.3 is 5.97 Å². The predicted octanol–water partition coefficient (Wildman–Crippen LogP) is 2.61. The highest BCUT2D eigenvalue weighted by Crippen LogP contribution is 2.37. The molecule has 2 heterocycles. The molecule has 0 bridgehead atoms. The Hall–Kier alpha value is -1.78. The number of rotatable bonds is 3. The van der Waals surface area contributed by atoms with Crippen molar-refractivity contribution in [2.45, 2.75) is 44.6 Å². The van der Waals surface area contributed by atoms with Crippen LogP contribution in [0, 0.1) is 5.92 Å². The molecule has 1 aromatic rings. The molecule has 0 radical (unpaired) electrons. The first-order valence-corrected chi connectivity index (χ1v) is 7.81. The Morgan fingerprint density at radius 2 is 2.10 bits per heavy atom. The lowest BCUT2D eigenvalue weighted by molar-refractivity contribution is 0.0602. The molecular formula is C16H23N3O2. The van der Waals surface area contributed by atoms with Gasteiger partial charge in [0.2, 0.25) is 0 Å². The molecule has 1 atom stereocenters. The van der Waals surface area contributed by atoms with Gasteiger partial charge in [-0.25, -0.2) is 9.78 Å². The van der Waals surface area contributed by atoms with Crippen molar-refractivity contribution in [1.29, 1.82) is 0 Å². The fourth-order valence-electron chi connectivity index (χ4n) is 3.81. The van der Waals surface area contributed by atoms with E-state index in [1.165, 1.54) is 45.6 Å². The van der Waals surface area contributed by atoms with Crippen molar-refractivity contribution >= 4 is 17.5 Å². The lowest BCUT2D eigenvalue weighted by atomic mass is 9.96. The number of nitrogens with two attached hydrogens (primary N) is 1. The number of anilines is 2. The minimum Gasteiger partial charge on any atom is -0.465 e. The van der Waals surface area contributed by atoms with E-state index < -0.39 is 5.97 Å². The van der Waals surface area contributed by atoms with Crippen molar-refractivity contribution in [3.63, 3.8) is 0 Å². The van der Waals surface area contributed by atoms with Gasteiger partial charge in [0.15, 0.2) is 0 Å². The summed E-state index contributed by atoms with van der Waals surface area (Å²) in [5.74, 6) is 1.24. The number of carbonyl (C=O) groups is 1. The van der Waals surface area contributed by atoms with Crippen LogP contribution in [0.3, 0.4) is 0 Å². The van der Waals surface area contributed by atoms with Crippen LogP contribution in [-0.4, -0.2) is 30.6 Å². The minimum atomic E-state index is -0.396. The van der Waals surface area contributed by atoms with E-state index in [9.17, 15) is 4.79 Å². The Bertz CT molecular complexity index is 526. The van der Waals surface area contributed by atoms with Gasteiger partial charge in [0, 0.05) is 12.6 Å². The Labute approximate surface area is 125 Å². The summed E-state index contributed by atoms with van der Waals surface area (Å²) in [6.45, 7) is 1.01. The maximum Gasteiger partial charge on any atom is 0.340 e. The predicted molar refractivity (Wildman–Crippen MR) is 82.3 cm³/mol. The number of nitrogens with zero attached hydrogens (tertiary/aromatic N) is 2. The van der Waals surface area contributed by atoms with Crippen molar-refractivity contribution in [2.24, 2.45) is 5.92 Å². The molecule has 1 aliphatic carbocycles. The van der Waals surface area contributed by atoms with Gasteiger partial charge < -0.3 is 15.4 Å². The van der Waals surface area contributed by atoms with E-state index in [4.69, 9.17) is 10.5 Å².